The van der Waals surface area contributed by atoms with Crippen molar-refractivity contribution >= 4 is 11.6 Å². The Labute approximate surface area is 157 Å². The standard InChI is InChI=1S/C20H23N5O2/c1-12-8-13(2)25-19(22-12)18(14(3)24-25)20(26)23-17-11-27-10-16(17)9-15-4-6-21-7-5-15/h4-8,16-17H,9-11H2,1-3H3,(H,23,26)/t16-,17-/m1/s1. The highest BCUT2D eigenvalue weighted by molar-refractivity contribution is 6.01. The summed E-state index contributed by atoms with van der Waals surface area (Å²) in [5.41, 5.74) is 4.84. The van der Waals surface area contributed by atoms with E-state index in [0.29, 0.717) is 30.1 Å². The first-order chi connectivity index (χ1) is 13.0. The number of nitrogens with zero attached hydrogens (tertiary/aromatic N) is 4. The monoisotopic (exact) mass is 365 g/mol. The molecule has 0 spiro atoms. The Morgan fingerprint density at radius 3 is 2.81 bits per heavy atom. The van der Waals surface area contributed by atoms with E-state index < -0.39 is 0 Å². The van der Waals surface area contributed by atoms with Crippen LogP contribution in [0.2, 0.25) is 0 Å². The van der Waals surface area contributed by atoms with E-state index in [-0.39, 0.29) is 17.9 Å². The minimum Gasteiger partial charge on any atom is -0.379 e. The van der Waals surface area contributed by atoms with Gasteiger partial charge in [-0.2, -0.15) is 5.10 Å². The van der Waals surface area contributed by atoms with Crippen LogP contribution in [0, 0.1) is 26.7 Å². The third-order valence-corrected chi connectivity index (χ3v) is 5.06. The summed E-state index contributed by atoms with van der Waals surface area (Å²) < 4.78 is 7.38. The van der Waals surface area contributed by atoms with E-state index in [0.717, 1.165) is 17.8 Å². The summed E-state index contributed by atoms with van der Waals surface area (Å²) in [6.45, 7) is 6.89. The molecule has 4 heterocycles. The molecule has 1 aliphatic heterocycles. The zero-order chi connectivity index (χ0) is 19.0. The molecular weight excluding hydrogens is 342 g/mol. The molecule has 3 aromatic heterocycles. The van der Waals surface area contributed by atoms with E-state index in [1.165, 1.54) is 5.56 Å². The largest absolute Gasteiger partial charge is 0.379 e. The van der Waals surface area contributed by atoms with Gasteiger partial charge in [-0.3, -0.25) is 9.78 Å². The Bertz CT molecular complexity index is 983. The SMILES string of the molecule is Cc1cc(C)n2nc(C)c(C(=O)N[C@@H]3COC[C@H]3Cc3ccncc3)c2n1. The molecule has 0 aromatic carbocycles. The van der Waals surface area contributed by atoms with Crippen molar-refractivity contribution in [2.24, 2.45) is 5.92 Å². The zero-order valence-electron chi connectivity index (χ0n) is 15.8. The highest BCUT2D eigenvalue weighted by atomic mass is 16.5. The summed E-state index contributed by atoms with van der Waals surface area (Å²) in [5, 5.41) is 7.64. The number of carbonyl (C=O) groups is 1. The quantitative estimate of drug-likeness (QED) is 0.765. The molecule has 1 saturated heterocycles. The van der Waals surface area contributed by atoms with Crippen molar-refractivity contribution < 1.29 is 9.53 Å². The van der Waals surface area contributed by atoms with Crippen LogP contribution in [-0.4, -0.2) is 44.7 Å². The van der Waals surface area contributed by atoms with E-state index in [1.807, 2.05) is 39.0 Å². The molecule has 1 fully saturated rings. The van der Waals surface area contributed by atoms with Crippen LogP contribution in [0.1, 0.15) is 33.0 Å². The Morgan fingerprint density at radius 1 is 1.26 bits per heavy atom. The molecule has 7 heteroatoms. The number of hydrogen-bond donors (Lipinski definition) is 1. The number of nitrogens with one attached hydrogen (secondary N) is 1. The molecule has 3 aromatic rings. The molecule has 27 heavy (non-hydrogen) atoms. The van der Waals surface area contributed by atoms with Gasteiger partial charge >= 0.3 is 0 Å². The average Bonchev–Trinajstić information content (AvgIpc) is 3.19. The van der Waals surface area contributed by atoms with Gasteiger partial charge in [0.15, 0.2) is 5.65 Å². The minimum atomic E-state index is -0.143. The third kappa shape index (κ3) is 3.42. The van der Waals surface area contributed by atoms with Gasteiger partial charge in [-0.05, 0) is 51.0 Å². The predicted molar refractivity (Wildman–Crippen MR) is 101 cm³/mol. The van der Waals surface area contributed by atoms with E-state index >= 15 is 0 Å². The van der Waals surface area contributed by atoms with Crippen LogP contribution in [0.4, 0.5) is 0 Å². The number of amides is 1. The number of rotatable bonds is 4. The summed E-state index contributed by atoms with van der Waals surface area (Å²) in [6, 6.07) is 5.92. The van der Waals surface area contributed by atoms with Crippen molar-refractivity contribution in [2.45, 2.75) is 33.2 Å². The summed E-state index contributed by atoms with van der Waals surface area (Å²) >= 11 is 0. The molecule has 0 bridgehead atoms. The fraction of sp³-hybridized carbons (Fsp3) is 0.400. The maximum absolute atomic E-state index is 13.0. The van der Waals surface area contributed by atoms with Gasteiger partial charge in [0.25, 0.3) is 5.91 Å². The topological polar surface area (TPSA) is 81.4 Å². The van der Waals surface area contributed by atoms with Crippen molar-refractivity contribution in [2.75, 3.05) is 13.2 Å². The summed E-state index contributed by atoms with van der Waals surface area (Å²) in [4.78, 5) is 21.6. The molecule has 1 aliphatic rings. The van der Waals surface area contributed by atoms with Gasteiger partial charge in [0, 0.05) is 29.7 Å². The lowest BCUT2D eigenvalue weighted by molar-refractivity contribution is 0.0926. The fourth-order valence-electron chi connectivity index (χ4n) is 3.71. The maximum atomic E-state index is 13.0. The fourth-order valence-corrected chi connectivity index (χ4v) is 3.71. The molecule has 2 atom stereocenters. The first-order valence-corrected chi connectivity index (χ1v) is 9.14. The van der Waals surface area contributed by atoms with Crippen molar-refractivity contribution in [1.82, 2.24) is 24.9 Å². The number of ether oxygens (including phenoxy) is 1. The third-order valence-electron chi connectivity index (χ3n) is 5.06. The van der Waals surface area contributed by atoms with Crippen LogP contribution in [0.25, 0.3) is 5.65 Å². The van der Waals surface area contributed by atoms with Crippen LogP contribution in [0.3, 0.4) is 0 Å². The Kier molecular flexibility index (Phi) is 4.61. The number of pyridine rings is 1. The second kappa shape index (κ2) is 7.08. The van der Waals surface area contributed by atoms with Gasteiger partial charge in [-0.15, -0.1) is 0 Å². The molecule has 0 aliphatic carbocycles. The van der Waals surface area contributed by atoms with Gasteiger partial charge in [-0.1, -0.05) is 0 Å². The number of carbonyl (C=O) groups excluding carboxylic acids is 1. The molecule has 4 rings (SSSR count). The minimum absolute atomic E-state index is 0.0362. The molecule has 140 valence electrons. The lowest BCUT2D eigenvalue weighted by Gasteiger charge is -2.19. The van der Waals surface area contributed by atoms with E-state index in [2.05, 4.69) is 20.4 Å². The Hall–Kier alpha value is -2.80. The normalized spacial score (nSPS) is 19.5. The van der Waals surface area contributed by atoms with Gasteiger partial charge in [-0.25, -0.2) is 9.50 Å². The van der Waals surface area contributed by atoms with Crippen molar-refractivity contribution in [3.05, 3.63) is 58.8 Å². The summed E-state index contributed by atoms with van der Waals surface area (Å²) in [7, 11) is 0. The molecule has 0 radical (unpaired) electrons. The molecule has 0 saturated carbocycles. The molecular formula is C20H23N5O2. The smallest absolute Gasteiger partial charge is 0.257 e. The average molecular weight is 365 g/mol. The highest BCUT2D eigenvalue weighted by Crippen LogP contribution is 2.21. The van der Waals surface area contributed by atoms with Crippen LogP contribution in [0.15, 0.2) is 30.6 Å². The van der Waals surface area contributed by atoms with Crippen LogP contribution < -0.4 is 5.32 Å². The van der Waals surface area contributed by atoms with Crippen LogP contribution in [-0.2, 0) is 11.2 Å². The number of fused-ring (bicyclic) bond motifs is 1. The number of hydrogen-bond acceptors (Lipinski definition) is 5. The van der Waals surface area contributed by atoms with Crippen molar-refractivity contribution in [3.63, 3.8) is 0 Å². The predicted octanol–water partition coefficient (Wildman–Crippen LogP) is 2.04. The molecule has 0 unspecified atom stereocenters. The van der Waals surface area contributed by atoms with Gasteiger partial charge in [0.1, 0.15) is 5.56 Å². The zero-order valence-corrected chi connectivity index (χ0v) is 15.8. The lowest BCUT2D eigenvalue weighted by Crippen LogP contribution is -2.40. The van der Waals surface area contributed by atoms with Gasteiger partial charge in [0.05, 0.1) is 24.9 Å². The van der Waals surface area contributed by atoms with Crippen LogP contribution in [0.5, 0.6) is 0 Å². The Balaban J connectivity index is 1.57. The second-order valence-electron chi connectivity index (χ2n) is 7.17. The maximum Gasteiger partial charge on any atom is 0.257 e. The van der Waals surface area contributed by atoms with Crippen molar-refractivity contribution in [1.29, 1.82) is 0 Å². The number of aromatic nitrogens is 4. The van der Waals surface area contributed by atoms with Gasteiger partial charge < -0.3 is 10.1 Å². The Morgan fingerprint density at radius 2 is 2.04 bits per heavy atom. The molecule has 1 N–H and O–H groups in total. The molecule has 1 amide bonds. The first kappa shape index (κ1) is 17.6. The van der Waals surface area contributed by atoms with Gasteiger partial charge in [0.2, 0.25) is 0 Å². The van der Waals surface area contributed by atoms with Crippen LogP contribution >= 0.6 is 0 Å². The summed E-state index contributed by atoms with van der Waals surface area (Å²) in [5.74, 6) is 0.0881. The molecule has 7 nitrogen and oxygen atoms in total. The number of aryl methyl sites for hydroxylation is 3. The second-order valence-corrected chi connectivity index (χ2v) is 7.17. The van der Waals surface area contributed by atoms with E-state index in [9.17, 15) is 4.79 Å². The van der Waals surface area contributed by atoms with Crippen molar-refractivity contribution in [3.8, 4) is 0 Å². The lowest BCUT2D eigenvalue weighted by atomic mass is 9.95. The first-order valence-electron chi connectivity index (χ1n) is 9.14. The van der Waals surface area contributed by atoms with E-state index in [4.69, 9.17) is 4.74 Å². The highest BCUT2D eigenvalue weighted by Gasteiger charge is 2.31. The summed E-state index contributed by atoms with van der Waals surface area (Å²) in [6.07, 6.45) is 4.42. The van der Waals surface area contributed by atoms with E-state index in [1.54, 1.807) is 16.9 Å².